The number of carbonyl (C=O) groups excluding carboxylic acids is 1. The van der Waals surface area contributed by atoms with E-state index in [1.165, 1.54) is 5.56 Å². The summed E-state index contributed by atoms with van der Waals surface area (Å²) in [6, 6.07) is 10.3. The van der Waals surface area contributed by atoms with Crippen LogP contribution in [-0.2, 0) is 11.2 Å². The van der Waals surface area contributed by atoms with Gasteiger partial charge in [0.15, 0.2) is 0 Å². The van der Waals surface area contributed by atoms with Crippen LogP contribution in [0.15, 0.2) is 36.5 Å². The molecule has 0 radical (unpaired) electrons. The number of benzene rings is 1. The second-order valence-corrected chi connectivity index (χ2v) is 8.03. The number of amides is 1. The molecule has 3 rings (SSSR count). The molecule has 2 heterocycles. The van der Waals surface area contributed by atoms with E-state index in [0.29, 0.717) is 13.0 Å². The highest BCUT2D eigenvalue weighted by atomic mass is 16.5. The van der Waals surface area contributed by atoms with Gasteiger partial charge in [0.1, 0.15) is 11.9 Å². The molecule has 25 heavy (non-hydrogen) atoms. The lowest BCUT2D eigenvalue weighted by Gasteiger charge is -2.18. The molecule has 0 saturated heterocycles. The second kappa shape index (κ2) is 6.87. The van der Waals surface area contributed by atoms with Crippen LogP contribution in [0.1, 0.15) is 38.3 Å². The van der Waals surface area contributed by atoms with Crippen LogP contribution in [0.2, 0.25) is 0 Å². The van der Waals surface area contributed by atoms with Crippen molar-refractivity contribution in [1.82, 2.24) is 10.3 Å². The van der Waals surface area contributed by atoms with Gasteiger partial charge in [-0.2, -0.15) is 0 Å². The Morgan fingerprint density at radius 1 is 1.28 bits per heavy atom. The fourth-order valence-electron chi connectivity index (χ4n) is 3.00. The summed E-state index contributed by atoms with van der Waals surface area (Å²) in [5, 5.41) is 2.99. The standard InChI is InChI=1S/C21H26N2O2/c1-14-5-7-18(22-12-14)15-6-8-19-16(9-15)10-17(25-19)13-23-20(24)11-21(2,3)4/h5-9,12,17H,10-11,13H2,1-4H3,(H,23,24)/t17-/m0/s1. The van der Waals surface area contributed by atoms with Crippen LogP contribution in [0.25, 0.3) is 11.3 Å². The SMILES string of the molecule is Cc1ccc(-c2ccc3c(c2)C[C@@H](CNC(=O)CC(C)(C)C)O3)nc1. The molecule has 132 valence electrons. The molecule has 4 heteroatoms. The van der Waals surface area contributed by atoms with Gasteiger partial charge in [-0.15, -0.1) is 0 Å². The van der Waals surface area contributed by atoms with E-state index in [1.54, 1.807) is 0 Å². The summed E-state index contributed by atoms with van der Waals surface area (Å²) in [6.45, 7) is 8.77. The predicted octanol–water partition coefficient (Wildman–Crippen LogP) is 3.91. The first-order valence-corrected chi connectivity index (χ1v) is 8.79. The maximum atomic E-state index is 12.0. The van der Waals surface area contributed by atoms with Crippen LogP contribution in [0.3, 0.4) is 0 Å². The summed E-state index contributed by atoms with van der Waals surface area (Å²) in [5.74, 6) is 0.988. The molecule has 0 fully saturated rings. The minimum atomic E-state index is -0.000477. The molecule has 0 aliphatic carbocycles. The molecule has 1 aromatic heterocycles. The summed E-state index contributed by atoms with van der Waals surface area (Å²) < 4.78 is 5.96. The molecule has 1 aliphatic rings. The zero-order valence-electron chi connectivity index (χ0n) is 15.4. The van der Waals surface area contributed by atoms with Crippen LogP contribution < -0.4 is 10.1 Å². The number of rotatable bonds is 4. The van der Waals surface area contributed by atoms with E-state index < -0.39 is 0 Å². The fourth-order valence-corrected chi connectivity index (χ4v) is 3.00. The van der Waals surface area contributed by atoms with Crippen LogP contribution >= 0.6 is 0 Å². The van der Waals surface area contributed by atoms with Gasteiger partial charge in [0, 0.05) is 24.6 Å². The highest BCUT2D eigenvalue weighted by molar-refractivity contribution is 5.76. The Balaban J connectivity index is 1.61. The quantitative estimate of drug-likeness (QED) is 0.919. The lowest BCUT2D eigenvalue weighted by molar-refractivity contribution is -0.123. The van der Waals surface area contributed by atoms with E-state index in [4.69, 9.17) is 4.74 Å². The van der Waals surface area contributed by atoms with Crippen molar-refractivity contribution in [3.63, 3.8) is 0 Å². The Morgan fingerprint density at radius 3 is 2.76 bits per heavy atom. The van der Waals surface area contributed by atoms with E-state index >= 15 is 0 Å². The minimum absolute atomic E-state index is 0.000135. The average molecular weight is 338 g/mol. The molecular formula is C21H26N2O2. The normalized spacial score (nSPS) is 16.2. The number of aryl methyl sites for hydroxylation is 1. The van der Waals surface area contributed by atoms with Gasteiger partial charge >= 0.3 is 0 Å². The Bertz CT molecular complexity index is 760. The maximum absolute atomic E-state index is 12.0. The highest BCUT2D eigenvalue weighted by Crippen LogP contribution is 2.32. The molecule has 4 nitrogen and oxygen atoms in total. The van der Waals surface area contributed by atoms with Gasteiger partial charge in [-0.25, -0.2) is 0 Å². The Hall–Kier alpha value is -2.36. The van der Waals surface area contributed by atoms with Crippen LogP contribution in [0, 0.1) is 12.3 Å². The van der Waals surface area contributed by atoms with Crippen molar-refractivity contribution < 1.29 is 9.53 Å². The largest absolute Gasteiger partial charge is 0.488 e. The Morgan fingerprint density at radius 2 is 2.08 bits per heavy atom. The van der Waals surface area contributed by atoms with Gasteiger partial charge in [0.25, 0.3) is 0 Å². The molecule has 0 saturated carbocycles. The van der Waals surface area contributed by atoms with Gasteiger partial charge in [-0.3, -0.25) is 9.78 Å². The summed E-state index contributed by atoms with van der Waals surface area (Å²) in [6.07, 6.45) is 3.22. The molecule has 1 atom stereocenters. The molecule has 0 unspecified atom stereocenters. The topological polar surface area (TPSA) is 51.2 Å². The van der Waals surface area contributed by atoms with Crippen molar-refractivity contribution in [3.05, 3.63) is 47.7 Å². The van der Waals surface area contributed by atoms with Crippen molar-refractivity contribution in [2.45, 2.75) is 46.6 Å². The molecule has 1 aromatic carbocycles. The first-order chi connectivity index (χ1) is 11.8. The van der Waals surface area contributed by atoms with Crippen LogP contribution in [-0.4, -0.2) is 23.5 Å². The number of ether oxygens (including phenoxy) is 1. The van der Waals surface area contributed by atoms with Gasteiger partial charge in [0.05, 0.1) is 12.2 Å². The molecule has 0 spiro atoms. The lowest BCUT2D eigenvalue weighted by Crippen LogP contribution is -2.36. The average Bonchev–Trinajstić information content (AvgIpc) is 2.94. The number of nitrogens with zero attached hydrogens (tertiary/aromatic N) is 1. The number of carbonyl (C=O) groups is 1. The third-order valence-electron chi connectivity index (χ3n) is 4.23. The summed E-state index contributed by atoms with van der Waals surface area (Å²) in [7, 11) is 0. The minimum Gasteiger partial charge on any atom is -0.488 e. The first-order valence-electron chi connectivity index (χ1n) is 8.79. The lowest BCUT2D eigenvalue weighted by atomic mass is 9.92. The number of hydrogen-bond acceptors (Lipinski definition) is 3. The van der Waals surface area contributed by atoms with Crippen LogP contribution in [0.5, 0.6) is 5.75 Å². The van der Waals surface area contributed by atoms with Crippen LogP contribution in [0.4, 0.5) is 0 Å². The van der Waals surface area contributed by atoms with Crippen molar-refractivity contribution in [2.24, 2.45) is 5.41 Å². The Kier molecular flexibility index (Phi) is 4.80. The smallest absolute Gasteiger partial charge is 0.220 e. The third-order valence-corrected chi connectivity index (χ3v) is 4.23. The summed E-state index contributed by atoms with van der Waals surface area (Å²) in [5.41, 5.74) is 4.39. The van der Waals surface area contributed by atoms with Gasteiger partial charge in [-0.05, 0) is 47.7 Å². The van der Waals surface area contributed by atoms with Gasteiger partial charge in [0.2, 0.25) is 5.91 Å². The number of hydrogen-bond donors (Lipinski definition) is 1. The number of aromatic nitrogens is 1. The predicted molar refractivity (Wildman–Crippen MR) is 99.6 cm³/mol. The zero-order chi connectivity index (χ0) is 18.0. The van der Waals surface area contributed by atoms with E-state index in [9.17, 15) is 4.79 Å². The maximum Gasteiger partial charge on any atom is 0.220 e. The van der Waals surface area contributed by atoms with Crippen molar-refractivity contribution in [1.29, 1.82) is 0 Å². The van der Waals surface area contributed by atoms with Gasteiger partial charge in [-0.1, -0.05) is 26.8 Å². The highest BCUT2D eigenvalue weighted by Gasteiger charge is 2.24. The molecule has 1 amide bonds. The second-order valence-electron chi connectivity index (χ2n) is 8.03. The number of nitrogens with one attached hydrogen (secondary N) is 1. The van der Waals surface area contributed by atoms with E-state index in [-0.39, 0.29) is 17.4 Å². The summed E-state index contributed by atoms with van der Waals surface area (Å²) >= 11 is 0. The van der Waals surface area contributed by atoms with Crippen molar-refractivity contribution in [3.8, 4) is 17.0 Å². The molecular weight excluding hydrogens is 312 g/mol. The van der Waals surface area contributed by atoms with E-state index in [1.807, 2.05) is 31.3 Å². The molecule has 2 aromatic rings. The fraction of sp³-hybridized carbons (Fsp3) is 0.429. The number of fused-ring (bicyclic) bond motifs is 1. The van der Waals surface area contributed by atoms with Crippen molar-refractivity contribution >= 4 is 5.91 Å². The number of pyridine rings is 1. The first kappa shape index (κ1) is 17.5. The molecule has 1 aliphatic heterocycles. The van der Waals surface area contributed by atoms with Gasteiger partial charge < -0.3 is 10.1 Å². The molecule has 1 N–H and O–H groups in total. The van der Waals surface area contributed by atoms with Crippen molar-refractivity contribution in [2.75, 3.05) is 6.54 Å². The zero-order valence-corrected chi connectivity index (χ0v) is 15.4. The van der Waals surface area contributed by atoms with E-state index in [2.05, 4.69) is 43.2 Å². The Labute approximate surface area is 149 Å². The molecule has 0 bridgehead atoms. The monoisotopic (exact) mass is 338 g/mol. The van der Waals surface area contributed by atoms with E-state index in [0.717, 1.165) is 29.0 Å². The summed E-state index contributed by atoms with van der Waals surface area (Å²) in [4.78, 5) is 16.5. The third kappa shape index (κ3) is 4.59.